The number of halogens is 3. The third kappa shape index (κ3) is 3.14. The van der Waals surface area contributed by atoms with Crippen molar-refractivity contribution in [3.8, 4) is 11.5 Å². The van der Waals surface area contributed by atoms with Crippen LogP contribution in [0, 0.1) is 21.7 Å². The van der Waals surface area contributed by atoms with Crippen LogP contribution in [0.25, 0.3) is 22.6 Å². The van der Waals surface area contributed by atoms with Crippen molar-refractivity contribution in [1.82, 2.24) is 24.7 Å². The van der Waals surface area contributed by atoms with Crippen LogP contribution < -0.4 is 0 Å². The fourth-order valence-corrected chi connectivity index (χ4v) is 2.89. The number of nitrogens with zero attached hydrogens (tertiary/aromatic N) is 6. The average molecular weight is 403 g/mol. The maximum Gasteiger partial charge on any atom is 0.324 e. The first kappa shape index (κ1) is 17.9. The Balaban J connectivity index is 1.87. The van der Waals surface area contributed by atoms with E-state index in [0.29, 0.717) is 5.56 Å². The molecule has 140 valence electrons. The van der Waals surface area contributed by atoms with Gasteiger partial charge in [0.1, 0.15) is 23.5 Å². The maximum atomic E-state index is 14.0. The standard InChI is InChI=1S/C17H9ClF2N6O2/c18-15-13(26(27)28)7-21-16(23-15)14-11-5-10(19)6-22-17(11)25(24-14)8-9-3-1-2-4-12(9)20/h1-7H,8H2. The van der Waals surface area contributed by atoms with Gasteiger partial charge in [0.05, 0.1) is 23.1 Å². The number of aromatic nitrogens is 5. The zero-order chi connectivity index (χ0) is 19.8. The van der Waals surface area contributed by atoms with Crippen LogP contribution in [0.3, 0.4) is 0 Å². The topological polar surface area (TPSA) is 99.6 Å². The summed E-state index contributed by atoms with van der Waals surface area (Å²) < 4.78 is 29.2. The zero-order valence-electron chi connectivity index (χ0n) is 13.9. The van der Waals surface area contributed by atoms with Crippen molar-refractivity contribution in [2.24, 2.45) is 0 Å². The number of hydrogen-bond acceptors (Lipinski definition) is 6. The Morgan fingerprint density at radius 1 is 1.18 bits per heavy atom. The summed E-state index contributed by atoms with van der Waals surface area (Å²) in [6, 6.07) is 7.32. The molecular weight excluding hydrogens is 394 g/mol. The third-order valence-electron chi connectivity index (χ3n) is 3.96. The molecule has 0 atom stereocenters. The Morgan fingerprint density at radius 2 is 1.96 bits per heavy atom. The number of nitro groups is 1. The number of hydrogen-bond donors (Lipinski definition) is 0. The molecule has 4 rings (SSSR count). The molecule has 0 bridgehead atoms. The Kier molecular flexibility index (Phi) is 4.40. The van der Waals surface area contributed by atoms with Crippen molar-refractivity contribution in [1.29, 1.82) is 0 Å². The first-order valence-corrected chi connectivity index (χ1v) is 8.24. The van der Waals surface area contributed by atoms with E-state index < -0.39 is 22.2 Å². The quantitative estimate of drug-likeness (QED) is 0.292. The highest BCUT2D eigenvalue weighted by molar-refractivity contribution is 6.31. The van der Waals surface area contributed by atoms with Crippen molar-refractivity contribution in [2.45, 2.75) is 6.54 Å². The van der Waals surface area contributed by atoms with E-state index in [-0.39, 0.29) is 34.2 Å². The second-order valence-corrected chi connectivity index (χ2v) is 6.11. The Morgan fingerprint density at radius 3 is 2.68 bits per heavy atom. The summed E-state index contributed by atoms with van der Waals surface area (Å²) >= 11 is 5.85. The van der Waals surface area contributed by atoms with Crippen LogP contribution in [-0.4, -0.2) is 29.7 Å². The second kappa shape index (κ2) is 6.89. The largest absolute Gasteiger partial charge is 0.324 e. The highest BCUT2D eigenvalue weighted by atomic mass is 35.5. The molecule has 0 spiro atoms. The van der Waals surface area contributed by atoms with Gasteiger partial charge in [-0.2, -0.15) is 5.10 Å². The van der Waals surface area contributed by atoms with Gasteiger partial charge < -0.3 is 0 Å². The van der Waals surface area contributed by atoms with Crippen molar-refractivity contribution in [3.05, 3.63) is 75.2 Å². The highest BCUT2D eigenvalue weighted by Crippen LogP contribution is 2.29. The van der Waals surface area contributed by atoms with Gasteiger partial charge in [-0.3, -0.25) is 10.1 Å². The lowest BCUT2D eigenvalue weighted by atomic mass is 10.2. The van der Waals surface area contributed by atoms with E-state index in [4.69, 9.17) is 11.6 Å². The fourth-order valence-electron chi connectivity index (χ4n) is 2.69. The molecule has 0 saturated heterocycles. The van der Waals surface area contributed by atoms with Crippen LogP contribution in [0.15, 0.2) is 42.7 Å². The number of fused-ring (bicyclic) bond motifs is 1. The predicted molar refractivity (Wildman–Crippen MR) is 95.7 cm³/mol. The summed E-state index contributed by atoms with van der Waals surface area (Å²) in [5.74, 6) is -1.09. The van der Waals surface area contributed by atoms with E-state index in [1.54, 1.807) is 18.2 Å². The lowest BCUT2D eigenvalue weighted by Gasteiger charge is -2.04. The van der Waals surface area contributed by atoms with E-state index >= 15 is 0 Å². The SMILES string of the molecule is O=[N+]([O-])c1cnc(-c2nn(Cc3ccccc3F)c3ncc(F)cc23)nc1Cl. The van der Waals surface area contributed by atoms with Crippen LogP contribution in [0.2, 0.25) is 5.15 Å². The highest BCUT2D eigenvalue weighted by Gasteiger charge is 2.21. The molecule has 0 radical (unpaired) electrons. The molecule has 3 heterocycles. The number of rotatable bonds is 4. The molecular formula is C17H9ClF2N6O2. The van der Waals surface area contributed by atoms with Crippen molar-refractivity contribution < 1.29 is 13.7 Å². The van der Waals surface area contributed by atoms with Crippen molar-refractivity contribution in [2.75, 3.05) is 0 Å². The van der Waals surface area contributed by atoms with Crippen LogP contribution >= 0.6 is 11.6 Å². The molecule has 0 N–H and O–H groups in total. The van der Waals surface area contributed by atoms with Gasteiger partial charge in [-0.05, 0) is 12.1 Å². The molecule has 28 heavy (non-hydrogen) atoms. The average Bonchev–Trinajstić information content (AvgIpc) is 3.00. The normalized spacial score (nSPS) is 11.1. The molecule has 4 aromatic rings. The summed E-state index contributed by atoms with van der Waals surface area (Å²) in [5.41, 5.74) is 0.282. The maximum absolute atomic E-state index is 14.0. The molecule has 0 aliphatic carbocycles. The Bertz CT molecular complexity index is 1230. The van der Waals surface area contributed by atoms with E-state index in [0.717, 1.165) is 12.4 Å². The minimum absolute atomic E-state index is 0.0303. The molecule has 8 nitrogen and oxygen atoms in total. The first-order chi connectivity index (χ1) is 13.4. The van der Waals surface area contributed by atoms with E-state index in [1.807, 2.05) is 0 Å². The predicted octanol–water partition coefficient (Wildman–Crippen LogP) is 3.78. The molecule has 0 amide bonds. The van der Waals surface area contributed by atoms with Gasteiger partial charge >= 0.3 is 5.69 Å². The zero-order valence-corrected chi connectivity index (χ0v) is 14.6. The van der Waals surface area contributed by atoms with Gasteiger partial charge in [0, 0.05) is 5.56 Å². The Hall–Kier alpha value is -3.53. The van der Waals surface area contributed by atoms with Gasteiger partial charge in [-0.25, -0.2) is 28.4 Å². The van der Waals surface area contributed by atoms with Crippen molar-refractivity contribution in [3.63, 3.8) is 0 Å². The molecule has 0 unspecified atom stereocenters. The molecule has 0 aliphatic rings. The molecule has 0 saturated carbocycles. The van der Waals surface area contributed by atoms with E-state index in [2.05, 4.69) is 20.1 Å². The van der Waals surface area contributed by atoms with E-state index in [1.165, 1.54) is 16.8 Å². The first-order valence-electron chi connectivity index (χ1n) is 7.87. The fraction of sp³-hybridized carbons (Fsp3) is 0.0588. The second-order valence-electron chi connectivity index (χ2n) is 5.75. The van der Waals surface area contributed by atoms with Crippen LogP contribution in [-0.2, 0) is 6.54 Å². The molecule has 3 aromatic heterocycles. The van der Waals surface area contributed by atoms with Gasteiger partial charge in [0.15, 0.2) is 11.5 Å². The van der Waals surface area contributed by atoms with Gasteiger partial charge in [0.25, 0.3) is 0 Å². The minimum Gasteiger partial charge on any atom is -0.258 e. The minimum atomic E-state index is -0.720. The summed E-state index contributed by atoms with van der Waals surface area (Å²) in [6.07, 6.45) is 1.95. The van der Waals surface area contributed by atoms with Crippen LogP contribution in [0.5, 0.6) is 0 Å². The van der Waals surface area contributed by atoms with E-state index in [9.17, 15) is 18.9 Å². The third-order valence-corrected chi connectivity index (χ3v) is 4.24. The van der Waals surface area contributed by atoms with Gasteiger partial charge in [-0.15, -0.1) is 0 Å². The van der Waals surface area contributed by atoms with Crippen LogP contribution in [0.4, 0.5) is 14.5 Å². The van der Waals surface area contributed by atoms with Gasteiger partial charge in [0.2, 0.25) is 5.15 Å². The Labute approximate surface area is 160 Å². The summed E-state index contributed by atoms with van der Waals surface area (Å²) in [6.45, 7) is 0.0303. The lowest BCUT2D eigenvalue weighted by molar-refractivity contribution is -0.385. The number of benzene rings is 1. The molecule has 11 heteroatoms. The monoisotopic (exact) mass is 402 g/mol. The summed E-state index contributed by atoms with van der Waals surface area (Å²) in [5, 5.41) is 15.1. The lowest BCUT2D eigenvalue weighted by Crippen LogP contribution is -2.05. The molecule has 0 fully saturated rings. The molecule has 0 aliphatic heterocycles. The van der Waals surface area contributed by atoms with Gasteiger partial charge in [-0.1, -0.05) is 29.8 Å². The summed E-state index contributed by atoms with van der Waals surface area (Å²) in [4.78, 5) is 22.0. The summed E-state index contributed by atoms with van der Waals surface area (Å²) in [7, 11) is 0. The number of pyridine rings is 1. The van der Waals surface area contributed by atoms with Crippen LogP contribution in [0.1, 0.15) is 5.56 Å². The van der Waals surface area contributed by atoms with Crippen molar-refractivity contribution >= 4 is 28.3 Å². The molecule has 1 aromatic carbocycles. The smallest absolute Gasteiger partial charge is 0.258 e.